The van der Waals surface area contributed by atoms with Crippen molar-refractivity contribution in [2.75, 3.05) is 31.1 Å². The SMILES string of the molecule is O=C(NS(=O)(=O)c1cccs1)N1CCN(c2ncnc3[nH]ccc23)CC2(CC2)C1. The third-order valence-corrected chi connectivity index (χ3v) is 8.27. The number of amides is 2. The van der Waals surface area contributed by atoms with Crippen LogP contribution in [0.2, 0.25) is 0 Å². The molecule has 2 fully saturated rings. The van der Waals surface area contributed by atoms with Crippen molar-refractivity contribution in [1.82, 2.24) is 24.6 Å². The summed E-state index contributed by atoms with van der Waals surface area (Å²) in [5.74, 6) is 0.844. The number of hydrogen-bond acceptors (Lipinski definition) is 7. The molecule has 0 atom stereocenters. The van der Waals surface area contributed by atoms with E-state index in [1.807, 2.05) is 12.3 Å². The summed E-state index contributed by atoms with van der Waals surface area (Å²) in [6.07, 6.45) is 5.39. The van der Waals surface area contributed by atoms with Crippen molar-refractivity contribution in [3.05, 3.63) is 36.1 Å². The van der Waals surface area contributed by atoms with E-state index in [1.54, 1.807) is 16.3 Å². The van der Waals surface area contributed by atoms with Crippen LogP contribution in [0, 0.1) is 5.41 Å². The number of aromatic nitrogens is 3. The van der Waals surface area contributed by atoms with E-state index in [-0.39, 0.29) is 9.62 Å². The van der Waals surface area contributed by atoms with Gasteiger partial charge in [-0.05, 0) is 30.4 Å². The molecule has 9 nitrogen and oxygen atoms in total. The van der Waals surface area contributed by atoms with Gasteiger partial charge in [-0.3, -0.25) is 0 Å². The number of aromatic amines is 1. The Morgan fingerprint density at radius 2 is 2.07 bits per heavy atom. The van der Waals surface area contributed by atoms with E-state index in [9.17, 15) is 13.2 Å². The number of sulfonamides is 1. The van der Waals surface area contributed by atoms with Crippen molar-refractivity contribution >= 4 is 44.2 Å². The van der Waals surface area contributed by atoms with E-state index in [0.717, 1.165) is 47.6 Å². The molecule has 0 radical (unpaired) electrons. The zero-order valence-corrected chi connectivity index (χ0v) is 17.2. The predicted octanol–water partition coefficient (Wildman–Crippen LogP) is 2.02. The molecule has 5 rings (SSSR count). The van der Waals surface area contributed by atoms with E-state index in [2.05, 4.69) is 24.6 Å². The molecule has 1 spiro atoms. The Kier molecular flexibility index (Phi) is 4.24. The van der Waals surface area contributed by atoms with Crippen LogP contribution in [0.25, 0.3) is 11.0 Å². The Morgan fingerprint density at radius 3 is 2.83 bits per heavy atom. The number of fused-ring (bicyclic) bond motifs is 1. The molecular formula is C18H20N6O3S2. The number of anilines is 1. The zero-order chi connectivity index (χ0) is 20.1. The fraction of sp³-hybridized carbons (Fsp3) is 0.389. The number of H-pyrrole nitrogens is 1. The van der Waals surface area contributed by atoms with Gasteiger partial charge in [0.2, 0.25) is 0 Å². The third kappa shape index (κ3) is 3.44. The maximum Gasteiger partial charge on any atom is 0.331 e. The molecule has 3 aromatic heterocycles. The van der Waals surface area contributed by atoms with E-state index >= 15 is 0 Å². The first-order valence-electron chi connectivity index (χ1n) is 9.34. The minimum atomic E-state index is -3.84. The highest BCUT2D eigenvalue weighted by atomic mass is 32.2. The molecule has 1 saturated heterocycles. The van der Waals surface area contributed by atoms with Crippen LogP contribution in [0.3, 0.4) is 0 Å². The van der Waals surface area contributed by atoms with Gasteiger partial charge in [0, 0.05) is 37.8 Å². The quantitative estimate of drug-likeness (QED) is 0.655. The molecule has 3 aromatic rings. The molecule has 4 heterocycles. The lowest BCUT2D eigenvalue weighted by Crippen LogP contribution is -2.45. The molecular weight excluding hydrogens is 412 g/mol. The first kappa shape index (κ1) is 18.4. The maximum absolute atomic E-state index is 12.8. The third-order valence-electron chi connectivity index (χ3n) is 5.55. The summed E-state index contributed by atoms with van der Waals surface area (Å²) >= 11 is 1.09. The Labute approximate surface area is 171 Å². The lowest BCUT2D eigenvalue weighted by atomic mass is 10.1. The number of carbonyl (C=O) groups excluding carboxylic acids is 1. The number of thiophene rings is 1. The van der Waals surface area contributed by atoms with Crippen molar-refractivity contribution in [2.45, 2.75) is 17.1 Å². The fourth-order valence-electron chi connectivity index (χ4n) is 3.86. The molecule has 0 unspecified atom stereocenters. The lowest BCUT2D eigenvalue weighted by molar-refractivity contribution is 0.198. The van der Waals surface area contributed by atoms with Crippen LogP contribution in [-0.4, -0.2) is 60.5 Å². The average molecular weight is 433 g/mol. The Bertz CT molecular complexity index is 1150. The number of nitrogens with zero attached hydrogens (tertiary/aromatic N) is 4. The van der Waals surface area contributed by atoms with Crippen LogP contribution in [0.4, 0.5) is 10.6 Å². The molecule has 1 aliphatic heterocycles. The van der Waals surface area contributed by atoms with E-state index in [4.69, 9.17) is 0 Å². The summed E-state index contributed by atoms with van der Waals surface area (Å²) < 4.78 is 27.2. The second-order valence-corrected chi connectivity index (χ2v) is 10.5. The minimum Gasteiger partial charge on any atom is -0.354 e. The molecule has 11 heteroatoms. The molecule has 2 N–H and O–H groups in total. The average Bonchev–Trinajstić information content (AvgIpc) is 3.10. The van der Waals surface area contributed by atoms with Crippen molar-refractivity contribution in [2.24, 2.45) is 5.41 Å². The molecule has 1 aliphatic carbocycles. The highest BCUT2D eigenvalue weighted by molar-refractivity contribution is 7.92. The highest BCUT2D eigenvalue weighted by Crippen LogP contribution is 2.48. The number of urea groups is 1. The Hall–Kier alpha value is -2.66. The molecule has 1 saturated carbocycles. The molecule has 29 heavy (non-hydrogen) atoms. The number of rotatable bonds is 3. The lowest BCUT2D eigenvalue weighted by Gasteiger charge is -2.25. The van der Waals surface area contributed by atoms with Crippen molar-refractivity contribution < 1.29 is 13.2 Å². The van der Waals surface area contributed by atoms with Crippen LogP contribution < -0.4 is 9.62 Å². The van der Waals surface area contributed by atoms with Crippen LogP contribution in [0.5, 0.6) is 0 Å². The largest absolute Gasteiger partial charge is 0.354 e. The molecule has 2 amide bonds. The van der Waals surface area contributed by atoms with Crippen molar-refractivity contribution in [3.63, 3.8) is 0 Å². The first-order chi connectivity index (χ1) is 14.0. The normalized spacial score (nSPS) is 18.8. The van der Waals surface area contributed by atoms with E-state index in [0.29, 0.717) is 19.6 Å². The number of hydrogen-bond donors (Lipinski definition) is 2. The first-order valence-corrected chi connectivity index (χ1v) is 11.7. The number of carbonyl (C=O) groups is 1. The summed E-state index contributed by atoms with van der Waals surface area (Å²) in [5, 5.41) is 2.62. The fourth-order valence-corrected chi connectivity index (χ4v) is 5.83. The van der Waals surface area contributed by atoms with Crippen LogP contribution >= 0.6 is 11.3 Å². The van der Waals surface area contributed by atoms with Crippen molar-refractivity contribution in [3.8, 4) is 0 Å². The highest BCUT2D eigenvalue weighted by Gasteiger charge is 2.48. The maximum atomic E-state index is 12.8. The summed E-state index contributed by atoms with van der Waals surface area (Å²) in [5.41, 5.74) is 0.759. The predicted molar refractivity (Wildman–Crippen MR) is 109 cm³/mol. The smallest absolute Gasteiger partial charge is 0.331 e. The van der Waals surface area contributed by atoms with Crippen LogP contribution in [0.1, 0.15) is 12.8 Å². The second-order valence-electron chi connectivity index (χ2n) is 7.62. The zero-order valence-electron chi connectivity index (χ0n) is 15.5. The second kappa shape index (κ2) is 6.70. The van der Waals surface area contributed by atoms with Crippen LogP contribution in [0.15, 0.2) is 40.3 Å². The minimum absolute atomic E-state index is 0.0197. The van der Waals surface area contributed by atoms with E-state index in [1.165, 1.54) is 12.4 Å². The summed E-state index contributed by atoms with van der Waals surface area (Å²) in [6.45, 7) is 2.32. The van der Waals surface area contributed by atoms with Gasteiger partial charge in [-0.1, -0.05) is 6.07 Å². The topological polar surface area (TPSA) is 111 Å². The van der Waals surface area contributed by atoms with Gasteiger partial charge in [-0.25, -0.2) is 27.9 Å². The van der Waals surface area contributed by atoms with Gasteiger partial charge in [0.1, 0.15) is 22.0 Å². The van der Waals surface area contributed by atoms with E-state index < -0.39 is 16.1 Å². The molecule has 0 aromatic carbocycles. The summed E-state index contributed by atoms with van der Waals surface area (Å²) in [7, 11) is -3.84. The Morgan fingerprint density at radius 1 is 1.21 bits per heavy atom. The van der Waals surface area contributed by atoms with Gasteiger partial charge in [-0.15, -0.1) is 11.3 Å². The standard InChI is InChI=1S/C18H20N6O3S2/c25-17(22-29(26,27)14-2-1-9-28-14)24-8-7-23(10-18(11-24)4-5-18)16-13-3-6-19-15(13)20-12-21-16/h1-3,6,9,12H,4-5,7-8,10-11H2,(H,22,25)(H,19,20,21). The van der Waals surface area contributed by atoms with Gasteiger partial charge >= 0.3 is 6.03 Å². The van der Waals surface area contributed by atoms with Gasteiger partial charge < -0.3 is 14.8 Å². The number of nitrogens with one attached hydrogen (secondary N) is 2. The summed E-state index contributed by atoms with van der Waals surface area (Å²) in [6, 6.07) is 4.52. The van der Waals surface area contributed by atoms with Gasteiger partial charge in [-0.2, -0.15) is 0 Å². The monoisotopic (exact) mass is 432 g/mol. The van der Waals surface area contributed by atoms with Gasteiger partial charge in [0.25, 0.3) is 10.0 Å². The van der Waals surface area contributed by atoms with Gasteiger partial charge in [0.15, 0.2) is 0 Å². The molecule has 0 bridgehead atoms. The molecule has 2 aliphatic rings. The summed E-state index contributed by atoms with van der Waals surface area (Å²) in [4.78, 5) is 28.4. The van der Waals surface area contributed by atoms with Crippen molar-refractivity contribution in [1.29, 1.82) is 0 Å². The molecule has 152 valence electrons. The van der Waals surface area contributed by atoms with Gasteiger partial charge in [0.05, 0.1) is 5.39 Å². The Balaban J connectivity index is 1.37. The van der Waals surface area contributed by atoms with Crippen LogP contribution in [-0.2, 0) is 10.0 Å².